The van der Waals surface area contributed by atoms with E-state index in [0.29, 0.717) is 35.7 Å². The van der Waals surface area contributed by atoms with E-state index in [4.69, 9.17) is 5.73 Å². The van der Waals surface area contributed by atoms with Crippen molar-refractivity contribution in [3.05, 3.63) is 18.2 Å². The van der Waals surface area contributed by atoms with Gasteiger partial charge in [-0.25, -0.2) is 4.98 Å². The summed E-state index contributed by atoms with van der Waals surface area (Å²) in [6, 6.07) is 0. The van der Waals surface area contributed by atoms with Gasteiger partial charge in [-0.3, -0.25) is 4.40 Å². The van der Waals surface area contributed by atoms with E-state index in [1.165, 1.54) is 6.42 Å². The van der Waals surface area contributed by atoms with Crippen molar-refractivity contribution < 1.29 is 10.2 Å². The Bertz CT molecular complexity index is 699. The van der Waals surface area contributed by atoms with Crippen LogP contribution in [-0.4, -0.2) is 31.2 Å². The summed E-state index contributed by atoms with van der Waals surface area (Å²) < 4.78 is 1.89. The van der Waals surface area contributed by atoms with Crippen molar-refractivity contribution in [3.8, 4) is 5.88 Å². The standard InChI is InChI=1S/C16H22N4O2/c17-14-13-16(22)19-15(20(13)7-6-18-14)9-2-1-3-10-11(5-4-9)12(10)8-21/h6-7,9-12,21-22H,1-5,8H2,(H2,17,18). The van der Waals surface area contributed by atoms with E-state index < -0.39 is 0 Å². The first-order valence-corrected chi connectivity index (χ1v) is 8.13. The molecule has 118 valence electrons. The number of rotatable bonds is 2. The largest absolute Gasteiger partial charge is 0.492 e. The molecule has 0 spiro atoms. The van der Waals surface area contributed by atoms with Crippen molar-refractivity contribution >= 4 is 11.3 Å². The Kier molecular flexibility index (Phi) is 3.22. The molecule has 0 saturated heterocycles. The normalized spacial score (nSPS) is 31.5. The molecule has 2 aliphatic rings. The lowest BCUT2D eigenvalue weighted by atomic mass is 9.90. The van der Waals surface area contributed by atoms with Gasteiger partial charge in [0.05, 0.1) is 0 Å². The molecule has 2 aliphatic carbocycles. The van der Waals surface area contributed by atoms with Crippen LogP contribution in [0.25, 0.3) is 5.52 Å². The maximum absolute atomic E-state index is 10.1. The summed E-state index contributed by atoms with van der Waals surface area (Å²) in [7, 11) is 0. The molecule has 0 aromatic carbocycles. The smallest absolute Gasteiger partial charge is 0.241 e. The van der Waals surface area contributed by atoms with Crippen molar-refractivity contribution in [1.82, 2.24) is 14.4 Å². The lowest BCUT2D eigenvalue weighted by Gasteiger charge is -2.18. The van der Waals surface area contributed by atoms with E-state index in [1.807, 2.05) is 10.6 Å². The molecule has 4 rings (SSSR count). The number of aromatic nitrogens is 3. The van der Waals surface area contributed by atoms with Crippen molar-refractivity contribution in [2.24, 2.45) is 17.8 Å². The third kappa shape index (κ3) is 2.05. The highest BCUT2D eigenvalue weighted by molar-refractivity contribution is 5.72. The van der Waals surface area contributed by atoms with E-state index in [1.54, 1.807) is 6.20 Å². The SMILES string of the molecule is Nc1nccn2c(C3CCCC4C(CO)C4CC3)nc(O)c12. The van der Waals surface area contributed by atoms with Crippen molar-refractivity contribution in [1.29, 1.82) is 0 Å². The van der Waals surface area contributed by atoms with Crippen LogP contribution in [0.1, 0.15) is 43.8 Å². The maximum atomic E-state index is 10.1. The zero-order valence-corrected chi connectivity index (χ0v) is 12.5. The summed E-state index contributed by atoms with van der Waals surface area (Å²) in [5, 5.41) is 19.5. The third-order valence-corrected chi connectivity index (χ3v) is 5.62. The van der Waals surface area contributed by atoms with Gasteiger partial charge >= 0.3 is 0 Å². The van der Waals surface area contributed by atoms with Crippen LogP contribution in [0.4, 0.5) is 5.82 Å². The molecule has 0 radical (unpaired) electrons. The molecule has 0 amide bonds. The number of hydrogen-bond donors (Lipinski definition) is 3. The monoisotopic (exact) mass is 302 g/mol. The summed E-state index contributed by atoms with van der Waals surface area (Å²) >= 11 is 0. The number of aliphatic hydroxyl groups excluding tert-OH is 1. The second-order valence-corrected chi connectivity index (χ2v) is 6.70. The molecule has 0 bridgehead atoms. The van der Waals surface area contributed by atoms with Gasteiger partial charge in [0.25, 0.3) is 0 Å². The second-order valence-electron chi connectivity index (χ2n) is 6.70. The van der Waals surface area contributed by atoms with Crippen molar-refractivity contribution in [2.75, 3.05) is 12.3 Å². The van der Waals surface area contributed by atoms with E-state index in [2.05, 4.69) is 9.97 Å². The highest BCUT2D eigenvalue weighted by Crippen LogP contribution is 2.54. The molecule has 22 heavy (non-hydrogen) atoms. The molecule has 6 heteroatoms. The Morgan fingerprint density at radius 3 is 2.86 bits per heavy atom. The van der Waals surface area contributed by atoms with Crippen molar-refractivity contribution in [3.63, 3.8) is 0 Å². The van der Waals surface area contributed by atoms with Gasteiger partial charge in [-0.1, -0.05) is 6.42 Å². The topological polar surface area (TPSA) is 96.7 Å². The lowest BCUT2D eigenvalue weighted by Crippen LogP contribution is -2.08. The zero-order chi connectivity index (χ0) is 15.3. The molecule has 2 aromatic heterocycles. The maximum Gasteiger partial charge on any atom is 0.241 e. The van der Waals surface area contributed by atoms with E-state index >= 15 is 0 Å². The summed E-state index contributed by atoms with van der Waals surface area (Å²) in [5.74, 6) is 3.43. The van der Waals surface area contributed by atoms with E-state index in [-0.39, 0.29) is 5.88 Å². The van der Waals surface area contributed by atoms with E-state index in [9.17, 15) is 10.2 Å². The first-order valence-electron chi connectivity index (χ1n) is 8.13. The predicted molar refractivity (Wildman–Crippen MR) is 82.4 cm³/mol. The Morgan fingerprint density at radius 1 is 1.23 bits per heavy atom. The van der Waals surface area contributed by atoms with Crippen LogP contribution in [0.2, 0.25) is 0 Å². The molecule has 2 heterocycles. The first kappa shape index (κ1) is 13.8. The van der Waals surface area contributed by atoms with Gasteiger partial charge < -0.3 is 15.9 Å². The number of imidazole rings is 1. The molecule has 4 atom stereocenters. The number of anilines is 1. The number of nitrogens with two attached hydrogens (primary N) is 1. The number of aliphatic hydroxyl groups is 1. The number of fused-ring (bicyclic) bond motifs is 2. The fourth-order valence-electron chi connectivity index (χ4n) is 4.40. The summed E-state index contributed by atoms with van der Waals surface area (Å²) in [6.45, 7) is 0.329. The van der Waals surface area contributed by atoms with Gasteiger partial charge in [-0.2, -0.15) is 4.98 Å². The molecule has 2 saturated carbocycles. The summed E-state index contributed by atoms with van der Waals surface area (Å²) in [6.07, 6.45) is 9.08. The van der Waals surface area contributed by atoms with Crippen molar-refractivity contribution in [2.45, 2.75) is 38.0 Å². The number of nitrogen functional groups attached to an aromatic ring is 1. The second kappa shape index (κ2) is 5.12. The highest BCUT2D eigenvalue weighted by atomic mass is 16.3. The van der Waals surface area contributed by atoms with Crippen LogP contribution in [-0.2, 0) is 0 Å². The quantitative estimate of drug-likeness (QED) is 0.787. The van der Waals surface area contributed by atoms with Gasteiger partial charge in [0.1, 0.15) is 5.82 Å². The molecular formula is C16H22N4O2. The Labute approximate surface area is 129 Å². The molecule has 4 unspecified atom stereocenters. The van der Waals surface area contributed by atoms with E-state index in [0.717, 1.165) is 37.4 Å². The van der Waals surface area contributed by atoms with Gasteiger partial charge in [0, 0.05) is 24.9 Å². The predicted octanol–water partition coefficient (Wildman–Crippen LogP) is 1.92. The summed E-state index contributed by atoms with van der Waals surface area (Å²) in [5.41, 5.74) is 6.37. The third-order valence-electron chi connectivity index (χ3n) is 5.62. The summed E-state index contributed by atoms with van der Waals surface area (Å²) in [4.78, 5) is 8.40. The van der Waals surface area contributed by atoms with Gasteiger partial charge in [0.15, 0.2) is 11.3 Å². The molecule has 2 aromatic rings. The lowest BCUT2D eigenvalue weighted by molar-refractivity contribution is 0.262. The molecule has 2 fully saturated rings. The average molecular weight is 302 g/mol. The number of aromatic hydroxyl groups is 1. The Hall–Kier alpha value is -1.82. The first-order chi connectivity index (χ1) is 10.7. The molecule has 0 aliphatic heterocycles. The fraction of sp³-hybridized carbons (Fsp3) is 0.625. The minimum Gasteiger partial charge on any atom is -0.492 e. The van der Waals surface area contributed by atoms with Crippen LogP contribution in [0.3, 0.4) is 0 Å². The number of nitrogens with zero attached hydrogens (tertiary/aromatic N) is 3. The van der Waals surface area contributed by atoms with Gasteiger partial charge in [-0.15, -0.1) is 0 Å². The molecule has 4 N–H and O–H groups in total. The average Bonchev–Trinajstić information content (AvgIpc) is 3.02. The minimum atomic E-state index is -0.0276. The van der Waals surface area contributed by atoms with Gasteiger partial charge in [-0.05, 0) is 43.4 Å². The number of hydrogen-bond acceptors (Lipinski definition) is 5. The minimum absolute atomic E-state index is 0.0276. The van der Waals surface area contributed by atoms with Gasteiger partial charge in [0.2, 0.25) is 5.88 Å². The fourth-order valence-corrected chi connectivity index (χ4v) is 4.40. The van der Waals surface area contributed by atoms with Crippen LogP contribution >= 0.6 is 0 Å². The Balaban J connectivity index is 1.63. The Morgan fingerprint density at radius 2 is 2.05 bits per heavy atom. The van der Waals surface area contributed by atoms with Crippen LogP contribution < -0.4 is 5.73 Å². The molecule has 6 nitrogen and oxygen atoms in total. The zero-order valence-electron chi connectivity index (χ0n) is 12.5. The van der Waals surface area contributed by atoms with Crippen LogP contribution in [0, 0.1) is 17.8 Å². The highest BCUT2D eigenvalue weighted by Gasteiger charge is 2.49. The molecular weight excluding hydrogens is 280 g/mol. The van der Waals surface area contributed by atoms with Crippen LogP contribution in [0.5, 0.6) is 5.88 Å². The van der Waals surface area contributed by atoms with Crippen LogP contribution in [0.15, 0.2) is 12.4 Å².